The fourth-order valence-corrected chi connectivity index (χ4v) is 4.63. The lowest BCUT2D eigenvalue weighted by Gasteiger charge is -2.14. The molecule has 0 saturated heterocycles. The minimum absolute atomic E-state index is 0.0841. The lowest BCUT2D eigenvalue weighted by atomic mass is 10.1. The first kappa shape index (κ1) is 29.7. The summed E-state index contributed by atoms with van der Waals surface area (Å²) >= 11 is 1.22. The molecule has 4 aromatic rings. The number of rotatable bonds is 10. The van der Waals surface area contributed by atoms with Crippen LogP contribution in [0.4, 0.5) is 21.5 Å². The Labute approximate surface area is 245 Å². The van der Waals surface area contributed by atoms with Gasteiger partial charge in [-0.1, -0.05) is 36.4 Å². The summed E-state index contributed by atoms with van der Waals surface area (Å²) in [6, 6.07) is 26.5. The Balaban J connectivity index is 1.50. The predicted molar refractivity (Wildman–Crippen MR) is 160 cm³/mol. The zero-order chi connectivity index (χ0) is 30.1. The van der Waals surface area contributed by atoms with Gasteiger partial charge in [0.2, 0.25) is 5.91 Å². The van der Waals surface area contributed by atoms with Crippen molar-refractivity contribution in [2.75, 3.05) is 10.6 Å². The smallest absolute Gasteiger partial charge is 0.272 e. The highest BCUT2D eigenvalue weighted by atomic mass is 32.2. The van der Waals surface area contributed by atoms with Gasteiger partial charge < -0.3 is 16.0 Å². The van der Waals surface area contributed by atoms with E-state index < -0.39 is 33.7 Å². The number of nitrogens with one attached hydrogen (secondary N) is 3. The van der Waals surface area contributed by atoms with Crippen molar-refractivity contribution in [3.05, 3.63) is 136 Å². The average molecular weight is 585 g/mol. The molecule has 0 fully saturated rings. The summed E-state index contributed by atoms with van der Waals surface area (Å²) in [5, 5.41) is 18.3. The van der Waals surface area contributed by atoms with E-state index in [4.69, 9.17) is 0 Å². The number of hydrogen-bond donors (Lipinski definition) is 3. The van der Waals surface area contributed by atoms with E-state index in [0.29, 0.717) is 21.7 Å². The molecule has 0 aliphatic rings. The molecule has 0 saturated carbocycles. The summed E-state index contributed by atoms with van der Waals surface area (Å²) in [5.41, 5.74) is 1.07. The van der Waals surface area contributed by atoms with Gasteiger partial charge in [-0.3, -0.25) is 24.5 Å². The van der Waals surface area contributed by atoms with E-state index in [1.54, 1.807) is 67.6 Å². The van der Waals surface area contributed by atoms with Crippen molar-refractivity contribution in [1.29, 1.82) is 0 Å². The number of nitro groups is 1. The van der Waals surface area contributed by atoms with Crippen molar-refractivity contribution in [2.45, 2.75) is 17.1 Å². The van der Waals surface area contributed by atoms with Crippen molar-refractivity contribution in [2.24, 2.45) is 0 Å². The molecule has 3 amide bonds. The van der Waals surface area contributed by atoms with Gasteiger partial charge in [0.05, 0.1) is 15.9 Å². The SMILES string of the molecule is CC(Sc1cccc(NC(=O)/C(=C\c2ccc([N+](=O)[O-])cc2)NC(=O)c2ccccc2)c1)C(=O)Nc1ccccc1F. The van der Waals surface area contributed by atoms with Crippen molar-refractivity contribution in [1.82, 2.24) is 5.32 Å². The van der Waals surface area contributed by atoms with Crippen LogP contribution in [0.1, 0.15) is 22.8 Å². The van der Waals surface area contributed by atoms with Crippen LogP contribution in [0.15, 0.2) is 114 Å². The molecule has 3 N–H and O–H groups in total. The van der Waals surface area contributed by atoms with E-state index in [2.05, 4.69) is 16.0 Å². The third-order valence-corrected chi connectivity index (χ3v) is 6.94. The molecule has 212 valence electrons. The Morgan fingerprint density at radius 3 is 2.26 bits per heavy atom. The van der Waals surface area contributed by atoms with E-state index >= 15 is 0 Å². The highest BCUT2D eigenvalue weighted by Crippen LogP contribution is 2.27. The topological polar surface area (TPSA) is 130 Å². The lowest BCUT2D eigenvalue weighted by molar-refractivity contribution is -0.384. The number of carbonyl (C=O) groups is 3. The average Bonchev–Trinajstić information content (AvgIpc) is 2.98. The number of carbonyl (C=O) groups excluding carboxylic acids is 3. The predicted octanol–water partition coefficient (Wildman–Crippen LogP) is 6.26. The third kappa shape index (κ3) is 8.12. The summed E-state index contributed by atoms with van der Waals surface area (Å²) in [4.78, 5) is 49.9. The number of nitrogens with zero attached hydrogens (tertiary/aromatic N) is 1. The van der Waals surface area contributed by atoms with Crippen LogP contribution < -0.4 is 16.0 Å². The van der Waals surface area contributed by atoms with Gasteiger partial charge >= 0.3 is 0 Å². The first-order chi connectivity index (χ1) is 20.2. The second-order valence-electron chi connectivity index (χ2n) is 8.94. The Bertz CT molecular complexity index is 1640. The van der Waals surface area contributed by atoms with E-state index in [9.17, 15) is 28.9 Å². The van der Waals surface area contributed by atoms with Gasteiger partial charge in [-0.25, -0.2) is 4.39 Å². The fraction of sp³-hybridized carbons (Fsp3) is 0.0645. The molecule has 4 aromatic carbocycles. The maximum atomic E-state index is 13.9. The molecule has 9 nitrogen and oxygen atoms in total. The fourth-order valence-electron chi connectivity index (χ4n) is 3.70. The van der Waals surface area contributed by atoms with E-state index in [0.717, 1.165) is 0 Å². The van der Waals surface area contributed by atoms with Gasteiger partial charge in [-0.15, -0.1) is 11.8 Å². The van der Waals surface area contributed by atoms with Gasteiger partial charge in [0, 0.05) is 28.3 Å². The number of thioether (sulfide) groups is 1. The van der Waals surface area contributed by atoms with Crippen molar-refractivity contribution < 1.29 is 23.7 Å². The normalized spacial score (nSPS) is 11.7. The number of non-ortho nitro benzene ring substituents is 1. The monoisotopic (exact) mass is 584 g/mol. The highest BCUT2D eigenvalue weighted by Gasteiger charge is 2.18. The van der Waals surface area contributed by atoms with Crippen molar-refractivity contribution in [3.63, 3.8) is 0 Å². The zero-order valence-corrected chi connectivity index (χ0v) is 23.1. The van der Waals surface area contributed by atoms with Gasteiger partial charge in [-0.05, 0) is 73.2 Å². The van der Waals surface area contributed by atoms with Crippen LogP contribution in [0.25, 0.3) is 6.08 Å². The minimum atomic E-state index is -0.634. The minimum Gasteiger partial charge on any atom is -0.323 e. The number of amides is 3. The second kappa shape index (κ2) is 13.9. The molecular formula is C31H25FN4O5S. The molecule has 0 aliphatic carbocycles. The van der Waals surface area contributed by atoms with Gasteiger partial charge in [0.1, 0.15) is 11.5 Å². The molecule has 0 spiro atoms. The van der Waals surface area contributed by atoms with Gasteiger partial charge in [0.25, 0.3) is 17.5 Å². The summed E-state index contributed by atoms with van der Waals surface area (Å²) in [5.74, 6) is -2.08. The van der Waals surface area contributed by atoms with Crippen LogP contribution in [0.3, 0.4) is 0 Å². The third-order valence-electron chi connectivity index (χ3n) is 5.85. The Morgan fingerprint density at radius 2 is 1.57 bits per heavy atom. The molecule has 4 rings (SSSR count). The Kier molecular flexibility index (Phi) is 9.80. The van der Waals surface area contributed by atoms with Crippen LogP contribution in [-0.2, 0) is 9.59 Å². The van der Waals surface area contributed by atoms with Crippen molar-refractivity contribution in [3.8, 4) is 0 Å². The standard InChI is InChI=1S/C31H25FN4O5S/c1-20(29(37)34-27-13-6-5-12-26(27)32)42-25-11-7-10-23(19-25)33-31(39)28(35-30(38)22-8-3-2-4-9-22)18-21-14-16-24(17-15-21)36(40)41/h2-20H,1H3,(H,33,39)(H,34,37)(H,35,38)/b28-18+. The van der Waals surface area contributed by atoms with Gasteiger partial charge in [-0.2, -0.15) is 0 Å². The van der Waals surface area contributed by atoms with Crippen LogP contribution >= 0.6 is 11.8 Å². The molecule has 0 bridgehead atoms. The molecule has 0 aliphatic heterocycles. The Morgan fingerprint density at radius 1 is 0.881 bits per heavy atom. The molecule has 0 heterocycles. The molecule has 1 atom stereocenters. The first-order valence-corrected chi connectivity index (χ1v) is 13.5. The molecule has 1 unspecified atom stereocenters. The lowest BCUT2D eigenvalue weighted by Crippen LogP contribution is -2.30. The summed E-state index contributed by atoms with van der Waals surface area (Å²) in [6.45, 7) is 1.68. The van der Waals surface area contributed by atoms with E-state index in [1.807, 2.05) is 0 Å². The van der Waals surface area contributed by atoms with Gasteiger partial charge in [0.15, 0.2) is 0 Å². The second-order valence-corrected chi connectivity index (χ2v) is 10.4. The maximum Gasteiger partial charge on any atom is 0.272 e. The number of para-hydroxylation sites is 1. The molecule has 11 heteroatoms. The van der Waals surface area contributed by atoms with E-state index in [1.165, 1.54) is 60.3 Å². The first-order valence-electron chi connectivity index (χ1n) is 12.7. The number of nitro benzene ring substituents is 1. The molecular weight excluding hydrogens is 559 g/mol. The van der Waals surface area contributed by atoms with Crippen molar-refractivity contribution >= 4 is 52.6 Å². The quantitative estimate of drug-likeness (QED) is 0.0873. The number of halogens is 1. The number of benzene rings is 4. The molecule has 0 radical (unpaired) electrons. The van der Waals surface area contributed by atoms with E-state index in [-0.39, 0.29) is 17.1 Å². The number of hydrogen-bond acceptors (Lipinski definition) is 6. The van der Waals surface area contributed by atoms with Crippen LogP contribution in [-0.4, -0.2) is 27.9 Å². The summed E-state index contributed by atoms with van der Waals surface area (Å²) in [7, 11) is 0. The van der Waals surface area contributed by atoms with Crippen LogP contribution in [0, 0.1) is 15.9 Å². The van der Waals surface area contributed by atoms with Crippen LogP contribution in [0.5, 0.6) is 0 Å². The highest BCUT2D eigenvalue weighted by molar-refractivity contribution is 8.00. The maximum absolute atomic E-state index is 13.9. The zero-order valence-electron chi connectivity index (χ0n) is 22.2. The Hall–Kier alpha value is -5.29. The number of anilines is 2. The van der Waals surface area contributed by atoms with Crippen LogP contribution in [0.2, 0.25) is 0 Å². The molecule has 42 heavy (non-hydrogen) atoms. The molecule has 0 aromatic heterocycles. The summed E-state index contributed by atoms with van der Waals surface area (Å²) < 4.78 is 13.9. The largest absolute Gasteiger partial charge is 0.323 e. The summed E-state index contributed by atoms with van der Waals surface area (Å²) in [6.07, 6.45) is 1.41.